The van der Waals surface area contributed by atoms with Gasteiger partial charge < -0.3 is 10.2 Å². The van der Waals surface area contributed by atoms with E-state index in [9.17, 15) is 4.79 Å². The van der Waals surface area contributed by atoms with Crippen LogP contribution in [0.15, 0.2) is 18.2 Å². The number of hydrogen-bond acceptors (Lipinski definition) is 3. The van der Waals surface area contributed by atoms with Crippen molar-refractivity contribution in [2.75, 3.05) is 11.4 Å². The normalized spacial score (nSPS) is 19.0. The van der Waals surface area contributed by atoms with Crippen molar-refractivity contribution in [3.05, 3.63) is 28.8 Å². The molecule has 1 unspecified atom stereocenters. The Morgan fingerprint density at radius 2 is 2.26 bits per heavy atom. The second-order valence-corrected chi connectivity index (χ2v) is 5.34. The van der Waals surface area contributed by atoms with Gasteiger partial charge in [0.05, 0.1) is 28.4 Å². The molecular weight excluding hydrogens is 262 g/mol. The zero-order valence-corrected chi connectivity index (χ0v) is 11.7. The molecule has 1 saturated heterocycles. The molecule has 1 aliphatic rings. The third kappa shape index (κ3) is 2.89. The Kier molecular flexibility index (Phi) is 4.08. The number of rotatable bonds is 3. The number of hydrogen-bond donors (Lipinski definition) is 1. The van der Waals surface area contributed by atoms with Gasteiger partial charge in [-0.2, -0.15) is 5.26 Å². The Balaban J connectivity index is 2.24. The lowest BCUT2D eigenvalue weighted by Crippen LogP contribution is -2.41. The molecule has 1 amide bonds. The van der Waals surface area contributed by atoms with E-state index in [4.69, 9.17) is 16.9 Å². The fourth-order valence-electron chi connectivity index (χ4n) is 2.27. The van der Waals surface area contributed by atoms with Gasteiger partial charge in [-0.3, -0.25) is 4.79 Å². The van der Waals surface area contributed by atoms with Crippen molar-refractivity contribution in [2.45, 2.75) is 32.4 Å². The monoisotopic (exact) mass is 277 g/mol. The van der Waals surface area contributed by atoms with Gasteiger partial charge in [-0.1, -0.05) is 25.4 Å². The summed E-state index contributed by atoms with van der Waals surface area (Å²) in [4.78, 5) is 14.0. The van der Waals surface area contributed by atoms with Crippen molar-refractivity contribution in [2.24, 2.45) is 0 Å². The smallest absolute Gasteiger partial charge is 0.244 e. The van der Waals surface area contributed by atoms with E-state index in [1.807, 2.05) is 13.8 Å². The van der Waals surface area contributed by atoms with E-state index < -0.39 is 0 Å². The van der Waals surface area contributed by atoms with Gasteiger partial charge in [0.2, 0.25) is 5.91 Å². The summed E-state index contributed by atoms with van der Waals surface area (Å²) in [6.07, 6.45) is 0.754. The summed E-state index contributed by atoms with van der Waals surface area (Å²) in [6.45, 7) is 4.65. The van der Waals surface area contributed by atoms with Crippen molar-refractivity contribution >= 4 is 23.2 Å². The molecule has 0 aromatic heterocycles. The zero-order valence-electron chi connectivity index (χ0n) is 11.0. The lowest BCUT2D eigenvalue weighted by atomic mass is 10.2. The lowest BCUT2D eigenvalue weighted by Gasteiger charge is -2.19. The minimum atomic E-state index is -0.165. The molecule has 1 N–H and O–H groups in total. The first-order valence-corrected chi connectivity index (χ1v) is 6.68. The van der Waals surface area contributed by atoms with E-state index in [2.05, 4.69) is 11.4 Å². The summed E-state index contributed by atoms with van der Waals surface area (Å²) >= 11 is 6.13. The van der Waals surface area contributed by atoms with Crippen LogP contribution in [0.3, 0.4) is 0 Å². The number of anilines is 1. The predicted molar refractivity (Wildman–Crippen MR) is 75.2 cm³/mol. The van der Waals surface area contributed by atoms with Crippen molar-refractivity contribution in [3.8, 4) is 6.07 Å². The molecule has 4 nitrogen and oxygen atoms in total. The van der Waals surface area contributed by atoms with Crippen molar-refractivity contribution in [1.82, 2.24) is 5.32 Å². The van der Waals surface area contributed by atoms with Gasteiger partial charge in [-0.05, 0) is 24.6 Å². The molecular formula is C14H16ClN3O. The van der Waals surface area contributed by atoms with Gasteiger partial charge in [0, 0.05) is 12.6 Å². The van der Waals surface area contributed by atoms with Gasteiger partial charge >= 0.3 is 0 Å². The number of nitrogens with zero attached hydrogens (tertiary/aromatic N) is 2. The maximum atomic E-state index is 12.3. The number of carbonyl (C=O) groups excluding carboxylic acids is 1. The Hall–Kier alpha value is -1.57. The zero-order chi connectivity index (χ0) is 14.0. The Morgan fingerprint density at radius 1 is 1.53 bits per heavy atom. The summed E-state index contributed by atoms with van der Waals surface area (Å²) in [5.41, 5.74) is 1.13. The first-order chi connectivity index (χ1) is 9.02. The number of halogens is 1. The molecule has 1 atom stereocenters. The van der Waals surface area contributed by atoms with Gasteiger partial charge in [-0.25, -0.2) is 0 Å². The van der Waals surface area contributed by atoms with Crippen LogP contribution in [-0.2, 0) is 4.79 Å². The maximum absolute atomic E-state index is 12.3. The molecule has 0 aliphatic carbocycles. The fourth-order valence-corrected chi connectivity index (χ4v) is 2.48. The third-order valence-electron chi connectivity index (χ3n) is 3.11. The summed E-state index contributed by atoms with van der Waals surface area (Å²) in [5, 5.41) is 12.7. The Labute approximate surface area is 118 Å². The average Bonchev–Trinajstić information content (AvgIpc) is 2.71. The molecule has 0 bridgehead atoms. The second kappa shape index (κ2) is 5.60. The highest BCUT2D eigenvalue weighted by atomic mass is 35.5. The summed E-state index contributed by atoms with van der Waals surface area (Å²) in [6, 6.07) is 7.13. The quantitative estimate of drug-likeness (QED) is 0.922. The first-order valence-electron chi connectivity index (χ1n) is 6.30. The highest BCUT2D eigenvalue weighted by Gasteiger charge is 2.33. The first kappa shape index (κ1) is 13.9. The van der Waals surface area contributed by atoms with Crippen molar-refractivity contribution < 1.29 is 4.79 Å². The molecule has 1 aliphatic heterocycles. The third-order valence-corrected chi connectivity index (χ3v) is 3.43. The summed E-state index contributed by atoms with van der Waals surface area (Å²) in [5.74, 6) is 0.0192. The predicted octanol–water partition coefficient (Wildman–Crippen LogP) is 2.31. The average molecular weight is 278 g/mol. The number of carbonyl (C=O) groups is 1. The van der Waals surface area contributed by atoms with Gasteiger partial charge in [-0.15, -0.1) is 0 Å². The molecule has 1 heterocycles. The number of benzene rings is 1. The van der Waals surface area contributed by atoms with Gasteiger partial charge in [0.15, 0.2) is 0 Å². The molecule has 2 rings (SSSR count). The van der Waals surface area contributed by atoms with E-state index in [0.29, 0.717) is 22.8 Å². The molecule has 1 aromatic rings. The van der Waals surface area contributed by atoms with Crippen LogP contribution in [0.5, 0.6) is 0 Å². The SMILES string of the molecule is CC(C)NC1CCN(c2cc(C#N)ccc2Cl)C1=O. The molecule has 0 spiro atoms. The second-order valence-electron chi connectivity index (χ2n) is 4.93. The van der Waals surface area contributed by atoms with Crippen LogP contribution in [-0.4, -0.2) is 24.5 Å². The Bertz CT molecular complexity index is 536. The minimum Gasteiger partial charge on any atom is -0.309 e. The largest absolute Gasteiger partial charge is 0.309 e. The van der Waals surface area contributed by atoms with E-state index in [1.54, 1.807) is 23.1 Å². The van der Waals surface area contributed by atoms with Gasteiger partial charge in [0.1, 0.15) is 0 Å². The van der Waals surface area contributed by atoms with Crippen LogP contribution in [0.2, 0.25) is 5.02 Å². The van der Waals surface area contributed by atoms with Crippen LogP contribution in [0, 0.1) is 11.3 Å². The molecule has 0 saturated carbocycles. The highest BCUT2D eigenvalue weighted by molar-refractivity contribution is 6.34. The molecule has 19 heavy (non-hydrogen) atoms. The van der Waals surface area contributed by atoms with E-state index >= 15 is 0 Å². The maximum Gasteiger partial charge on any atom is 0.244 e. The molecule has 0 radical (unpaired) electrons. The van der Waals surface area contributed by atoms with Crippen LogP contribution in [0.25, 0.3) is 0 Å². The number of nitrogens with one attached hydrogen (secondary N) is 1. The molecule has 100 valence electrons. The summed E-state index contributed by atoms with van der Waals surface area (Å²) in [7, 11) is 0. The van der Waals surface area contributed by atoms with E-state index in [-0.39, 0.29) is 18.0 Å². The van der Waals surface area contributed by atoms with Crippen molar-refractivity contribution in [3.63, 3.8) is 0 Å². The lowest BCUT2D eigenvalue weighted by molar-refractivity contribution is -0.118. The summed E-state index contributed by atoms with van der Waals surface area (Å²) < 4.78 is 0. The van der Waals surface area contributed by atoms with E-state index in [0.717, 1.165) is 6.42 Å². The van der Waals surface area contributed by atoms with Crippen LogP contribution in [0.4, 0.5) is 5.69 Å². The molecule has 1 fully saturated rings. The number of amides is 1. The van der Waals surface area contributed by atoms with Crippen LogP contribution in [0.1, 0.15) is 25.8 Å². The van der Waals surface area contributed by atoms with Crippen LogP contribution < -0.4 is 10.2 Å². The Morgan fingerprint density at radius 3 is 2.89 bits per heavy atom. The fraction of sp³-hybridized carbons (Fsp3) is 0.429. The molecule has 1 aromatic carbocycles. The standard InChI is InChI=1S/C14H16ClN3O/c1-9(2)17-12-5-6-18(14(12)19)13-7-10(8-16)3-4-11(13)15/h3-4,7,9,12,17H,5-6H2,1-2H3. The number of nitriles is 1. The van der Waals surface area contributed by atoms with Gasteiger partial charge in [0.25, 0.3) is 0 Å². The minimum absolute atomic E-state index is 0.0192. The van der Waals surface area contributed by atoms with Crippen molar-refractivity contribution in [1.29, 1.82) is 5.26 Å². The highest BCUT2D eigenvalue weighted by Crippen LogP contribution is 2.30. The van der Waals surface area contributed by atoms with Crippen LogP contribution >= 0.6 is 11.6 Å². The van der Waals surface area contributed by atoms with E-state index in [1.165, 1.54) is 0 Å². The molecule has 5 heteroatoms. The topological polar surface area (TPSA) is 56.1 Å².